The third-order valence-electron chi connectivity index (χ3n) is 2.36. The van der Waals surface area contributed by atoms with Gasteiger partial charge >= 0.3 is 5.97 Å². The largest absolute Gasteiger partial charge is 0.478 e. The number of aromatic nitrogens is 1. The molecule has 0 spiro atoms. The average Bonchev–Trinajstić information content (AvgIpc) is 2.40. The molecule has 0 aliphatic carbocycles. The second-order valence-electron chi connectivity index (χ2n) is 3.67. The number of non-ortho nitro benzene ring substituents is 1. The Bertz CT molecular complexity index is 552. The highest BCUT2D eigenvalue weighted by atomic mass is 16.6. The summed E-state index contributed by atoms with van der Waals surface area (Å²) in [6.45, 7) is 0. The van der Waals surface area contributed by atoms with Gasteiger partial charge in [-0.2, -0.15) is 0 Å². The van der Waals surface area contributed by atoms with Gasteiger partial charge in [0.1, 0.15) is 5.82 Å². The van der Waals surface area contributed by atoms with Gasteiger partial charge in [0.05, 0.1) is 10.5 Å². The molecule has 1 heterocycles. The van der Waals surface area contributed by atoms with Crippen molar-refractivity contribution in [2.75, 3.05) is 5.32 Å². The number of aromatic carboxylic acids is 1. The van der Waals surface area contributed by atoms with Crippen molar-refractivity contribution in [3.05, 3.63) is 58.3 Å². The van der Waals surface area contributed by atoms with Crippen molar-refractivity contribution in [2.45, 2.75) is 0 Å². The number of nitro groups is 1. The van der Waals surface area contributed by atoms with Crippen molar-refractivity contribution in [2.24, 2.45) is 0 Å². The number of carbonyl (C=O) groups is 1. The van der Waals surface area contributed by atoms with Crippen LogP contribution < -0.4 is 5.32 Å². The van der Waals surface area contributed by atoms with Crippen LogP contribution in [-0.4, -0.2) is 21.0 Å². The number of hydrogen-bond donors (Lipinski definition) is 2. The molecule has 0 saturated heterocycles. The van der Waals surface area contributed by atoms with Gasteiger partial charge in [0.2, 0.25) is 0 Å². The van der Waals surface area contributed by atoms with Crippen LogP contribution in [0.25, 0.3) is 0 Å². The first kappa shape index (κ1) is 12.5. The van der Waals surface area contributed by atoms with E-state index < -0.39 is 10.9 Å². The lowest BCUT2D eigenvalue weighted by Crippen LogP contribution is -1.99. The summed E-state index contributed by atoms with van der Waals surface area (Å²) in [6, 6.07) is 8.77. The van der Waals surface area contributed by atoms with Gasteiger partial charge in [0, 0.05) is 24.0 Å². The number of nitro benzene ring substituents is 1. The van der Waals surface area contributed by atoms with Crippen molar-refractivity contribution in [1.82, 2.24) is 4.98 Å². The van der Waals surface area contributed by atoms with Gasteiger partial charge < -0.3 is 10.4 Å². The van der Waals surface area contributed by atoms with Crippen molar-refractivity contribution >= 4 is 23.2 Å². The predicted octanol–water partition coefficient (Wildman–Crippen LogP) is 2.43. The molecule has 96 valence electrons. The molecule has 0 unspecified atom stereocenters. The van der Waals surface area contributed by atoms with Gasteiger partial charge in [0.25, 0.3) is 5.69 Å². The van der Waals surface area contributed by atoms with Crippen LogP contribution in [0.1, 0.15) is 10.4 Å². The van der Waals surface area contributed by atoms with E-state index in [1.807, 2.05) is 0 Å². The van der Waals surface area contributed by atoms with Gasteiger partial charge in [-0.1, -0.05) is 0 Å². The number of rotatable bonds is 4. The second kappa shape index (κ2) is 5.13. The molecule has 2 N–H and O–H groups in total. The molecular formula is C12H9N3O4. The maximum atomic E-state index is 10.6. The van der Waals surface area contributed by atoms with Crippen LogP contribution in [-0.2, 0) is 0 Å². The Hall–Kier alpha value is -2.96. The average molecular weight is 259 g/mol. The fraction of sp³-hybridized carbons (Fsp3) is 0. The van der Waals surface area contributed by atoms with Gasteiger partial charge in [-0.25, -0.2) is 9.78 Å². The van der Waals surface area contributed by atoms with E-state index in [1.54, 1.807) is 12.1 Å². The normalized spacial score (nSPS) is 9.89. The Morgan fingerprint density at radius 3 is 2.37 bits per heavy atom. The molecule has 0 saturated carbocycles. The van der Waals surface area contributed by atoms with Crippen molar-refractivity contribution in [1.29, 1.82) is 0 Å². The van der Waals surface area contributed by atoms with Gasteiger partial charge in [-0.3, -0.25) is 10.1 Å². The predicted molar refractivity (Wildman–Crippen MR) is 67.6 cm³/mol. The number of anilines is 2. The minimum Gasteiger partial charge on any atom is -0.478 e. The molecular weight excluding hydrogens is 250 g/mol. The summed E-state index contributed by atoms with van der Waals surface area (Å²) < 4.78 is 0. The molecule has 7 heteroatoms. The molecule has 2 rings (SSSR count). The molecule has 0 radical (unpaired) electrons. The zero-order valence-corrected chi connectivity index (χ0v) is 9.61. The van der Waals surface area contributed by atoms with Crippen molar-refractivity contribution in [3.63, 3.8) is 0 Å². The van der Waals surface area contributed by atoms with E-state index in [9.17, 15) is 14.9 Å². The van der Waals surface area contributed by atoms with Crippen molar-refractivity contribution < 1.29 is 14.8 Å². The van der Waals surface area contributed by atoms with Gasteiger partial charge in [0.15, 0.2) is 0 Å². The van der Waals surface area contributed by atoms with E-state index in [-0.39, 0.29) is 11.3 Å². The number of carboxylic acids is 1. The fourth-order valence-corrected chi connectivity index (χ4v) is 1.41. The van der Waals surface area contributed by atoms with Crippen LogP contribution >= 0.6 is 0 Å². The number of nitrogens with zero attached hydrogens (tertiary/aromatic N) is 2. The summed E-state index contributed by atoms with van der Waals surface area (Å²) >= 11 is 0. The van der Waals surface area contributed by atoms with Crippen LogP contribution in [0, 0.1) is 10.1 Å². The van der Waals surface area contributed by atoms with Crippen LogP contribution in [0.5, 0.6) is 0 Å². The number of carboxylic acid groups (broad SMARTS) is 1. The summed E-state index contributed by atoms with van der Waals surface area (Å²) in [5.74, 6) is -0.590. The molecule has 0 fully saturated rings. The summed E-state index contributed by atoms with van der Waals surface area (Å²) in [7, 11) is 0. The third-order valence-corrected chi connectivity index (χ3v) is 2.36. The van der Waals surface area contributed by atoms with E-state index in [1.165, 1.54) is 30.5 Å². The second-order valence-corrected chi connectivity index (χ2v) is 3.67. The molecule has 1 aromatic heterocycles. The summed E-state index contributed by atoms with van der Waals surface area (Å²) in [5.41, 5.74) is 0.718. The maximum Gasteiger partial charge on any atom is 0.337 e. The maximum absolute atomic E-state index is 10.6. The van der Waals surface area contributed by atoms with E-state index >= 15 is 0 Å². The third kappa shape index (κ3) is 3.03. The highest BCUT2D eigenvalue weighted by molar-refractivity contribution is 5.87. The number of pyridine rings is 1. The van der Waals surface area contributed by atoms with E-state index in [2.05, 4.69) is 10.3 Å². The van der Waals surface area contributed by atoms with Gasteiger partial charge in [-0.15, -0.1) is 0 Å². The highest BCUT2D eigenvalue weighted by Gasteiger charge is 2.05. The minimum atomic E-state index is -1.05. The highest BCUT2D eigenvalue weighted by Crippen LogP contribution is 2.18. The van der Waals surface area contributed by atoms with E-state index in [0.29, 0.717) is 11.5 Å². The lowest BCUT2D eigenvalue weighted by molar-refractivity contribution is -0.384. The summed E-state index contributed by atoms with van der Waals surface area (Å²) in [4.78, 5) is 24.6. The lowest BCUT2D eigenvalue weighted by atomic mass is 10.2. The first-order valence-corrected chi connectivity index (χ1v) is 5.27. The van der Waals surface area contributed by atoms with Gasteiger partial charge in [-0.05, 0) is 24.3 Å². The molecule has 0 amide bonds. The number of nitrogens with one attached hydrogen (secondary N) is 1. The number of benzene rings is 1. The Morgan fingerprint density at radius 1 is 1.21 bits per heavy atom. The molecule has 0 bridgehead atoms. The Labute approximate surface area is 107 Å². The molecule has 19 heavy (non-hydrogen) atoms. The summed E-state index contributed by atoms with van der Waals surface area (Å²) in [5, 5.41) is 22.1. The Morgan fingerprint density at radius 2 is 1.89 bits per heavy atom. The van der Waals surface area contributed by atoms with Crippen LogP contribution in [0.15, 0.2) is 42.6 Å². The Kier molecular flexibility index (Phi) is 3.37. The molecule has 7 nitrogen and oxygen atoms in total. The monoisotopic (exact) mass is 259 g/mol. The van der Waals surface area contributed by atoms with E-state index in [0.717, 1.165) is 0 Å². The molecule has 0 aliphatic rings. The van der Waals surface area contributed by atoms with Crippen LogP contribution in [0.3, 0.4) is 0 Å². The lowest BCUT2D eigenvalue weighted by Gasteiger charge is -2.05. The SMILES string of the molecule is O=C(O)c1ccc(Nc2ccc([N+](=O)[O-])cc2)nc1. The van der Waals surface area contributed by atoms with Crippen molar-refractivity contribution in [3.8, 4) is 0 Å². The van der Waals surface area contributed by atoms with Crippen LogP contribution in [0.4, 0.5) is 17.2 Å². The topological polar surface area (TPSA) is 105 Å². The molecule has 0 atom stereocenters. The molecule has 2 aromatic rings. The van der Waals surface area contributed by atoms with Crippen LogP contribution in [0.2, 0.25) is 0 Å². The first-order chi connectivity index (χ1) is 9.06. The molecule has 1 aromatic carbocycles. The Balaban J connectivity index is 2.12. The smallest absolute Gasteiger partial charge is 0.337 e. The fourth-order valence-electron chi connectivity index (χ4n) is 1.41. The number of hydrogen-bond acceptors (Lipinski definition) is 5. The van der Waals surface area contributed by atoms with E-state index in [4.69, 9.17) is 5.11 Å². The molecule has 0 aliphatic heterocycles. The zero-order chi connectivity index (χ0) is 13.8. The summed E-state index contributed by atoms with van der Waals surface area (Å²) in [6.07, 6.45) is 1.23. The standard InChI is InChI=1S/C12H9N3O4/c16-12(17)8-1-6-11(13-7-8)14-9-2-4-10(5-3-9)15(18)19/h1-7H,(H,13,14)(H,16,17). The zero-order valence-electron chi connectivity index (χ0n) is 9.61. The quantitative estimate of drug-likeness (QED) is 0.645. The minimum absolute atomic E-state index is 0.000246. The first-order valence-electron chi connectivity index (χ1n) is 5.27.